The summed E-state index contributed by atoms with van der Waals surface area (Å²) < 4.78 is 5.89. The summed E-state index contributed by atoms with van der Waals surface area (Å²) in [5.74, 6) is 1.86. The van der Waals surface area contributed by atoms with Crippen molar-refractivity contribution < 1.29 is 9.53 Å². The van der Waals surface area contributed by atoms with Gasteiger partial charge in [0.25, 0.3) is 0 Å². The molecule has 2 unspecified atom stereocenters. The summed E-state index contributed by atoms with van der Waals surface area (Å²) in [6.45, 7) is 7.72. The van der Waals surface area contributed by atoms with Crippen LogP contribution in [0.5, 0.6) is 5.75 Å². The molecular formula is C26H31N3O2. The number of rotatable bonds is 4. The van der Waals surface area contributed by atoms with Crippen LogP contribution in [-0.2, 0) is 17.6 Å². The summed E-state index contributed by atoms with van der Waals surface area (Å²) in [4.78, 5) is 19.4. The quantitative estimate of drug-likeness (QED) is 0.762. The van der Waals surface area contributed by atoms with Crippen LogP contribution in [-0.4, -0.2) is 56.2 Å². The SMILES string of the molecule is CC(=O)N1CCN2c3c(cccc31)C1CN(CCCc3cccc4c3OCC4)CCC12. The van der Waals surface area contributed by atoms with Gasteiger partial charge in [-0.2, -0.15) is 0 Å². The summed E-state index contributed by atoms with van der Waals surface area (Å²) in [6, 6.07) is 13.8. The molecule has 4 aliphatic rings. The van der Waals surface area contributed by atoms with Gasteiger partial charge in [-0.25, -0.2) is 0 Å². The number of carbonyl (C=O) groups excluding carboxylic acids is 1. The first-order chi connectivity index (χ1) is 15.2. The Morgan fingerprint density at radius 2 is 2.03 bits per heavy atom. The molecule has 0 aromatic heterocycles. The molecule has 4 aliphatic heterocycles. The van der Waals surface area contributed by atoms with Crippen LogP contribution in [0.3, 0.4) is 0 Å². The van der Waals surface area contributed by atoms with Crippen molar-refractivity contribution in [2.24, 2.45) is 0 Å². The highest BCUT2D eigenvalue weighted by molar-refractivity contribution is 5.98. The topological polar surface area (TPSA) is 36.0 Å². The van der Waals surface area contributed by atoms with Gasteiger partial charge in [-0.1, -0.05) is 30.3 Å². The average Bonchev–Trinajstić information content (AvgIpc) is 3.39. The lowest BCUT2D eigenvalue weighted by Crippen LogP contribution is -2.50. The molecule has 0 aliphatic carbocycles. The number of benzene rings is 2. The van der Waals surface area contributed by atoms with Gasteiger partial charge in [-0.3, -0.25) is 4.79 Å². The number of nitrogens with zero attached hydrogens (tertiary/aromatic N) is 3. The summed E-state index contributed by atoms with van der Waals surface area (Å²) in [7, 11) is 0. The number of anilines is 2. The lowest BCUT2D eigenvalue weighted by Gasteiger charge is -2.41. The van der Waals surface area contributed by atoms with Crippen LogP contribution in [0, 0.1) is 0 Å². The Labute approximate surface area is 184 Å². The van der Waals surface area contributed by atoms with Crippen molar-refractivity contribution in [1.82, 2.24) is 4.90 Å². The molecule has 0 N–H and O–H groups in total. The number of likely N-dealkylation sites (tertiary alicyclic amines) is 1. The van der Waals surface area contributed by atoms with Crippen molar-refractivity contribution >= 4 is 17.3 Å². The number of carbonyl (C=O) groups is 1. The molecule has 1 amide bonds. The van der Waals surface area contributed by atoms with E-state index in [1.165, 1.54) is 41.8 Å². The van der Waals surface area contributed by atoms with Crippen LogP contribution in [0.2, 0.25) is 0 Å². The van der Waals surface area contributed by atoms with Crippen molar-refractivity contribution in [3.05, 3.63) is 53.1 Å². The van der Waals surface area contributed by atoms with Crippen molar-refractivity contribution in [2.75, 3.05) is 49.1 Å². The molecule has 0 saturated carbocycles. The number of fused-ring (bicyclic) bond motifs is 4. The van der Waals surface area contributed by atoms with Crippen molar-refractivity contribution in [2.45, 2.75) is 44.6 Å². The zero-order valence-electron chi connectivity index (χ0n) is 18.3. The molecule has 0 radical (unpaired) electrons. The minimum Gasteiger partial charge on any atom is -0.493 e. The number of aryl methyl sites for hydroxylation is 1. The van der Waals surface area contributed by atoms with Gasteiger partial charge in [0.15, 0.2) is 0 Å². The maximum atomic E-state index is 12.2. The Kier molecular flexibility index (Phi) is 4.67. The third-order valence-corrected chi connectivity index (χ3v) is 7.75. The predicted octanol–water partition coefficient (Wildman–Crippen LogP) is 3.60. The molecule has 0 bridgehead atoms. The molecule has 2 aromatic carbocycles. The van der Waals surface area contributed by atoms with Gasteiger partial charge < -0.3 is 19.4 Å². The molecule has 4 heterocycles. The number of amides is 1. The Morgan fingerprint density at radius 1 is 1.13 bits per heavy atom. The molecule has 5 heteroatoms. The Morgan fingerprint density at radius 3 is 2.94 bits per heavy atom. The Hall–Kier alpha value is -2.53. The summed E-state index contributed by atoms with van der Waals surface area (Å²) in [5, 5.41) is 0. The molecule has 2 atom stereocenters. The van der Waals surface area contributed by atoms with Gasteiger partial charge in [-0.05, 0) is 48.6 Å². The summed E-state index contributed by atoms with van der Waals surface area (Å²) in [5.41, 5.74) is 6.66. The van der Waals surface area contributed by atoms with E-state index in [1.54, 1.807) is 6.92 Å². The van der Waals surface area contributed by atoms with Crippen molar-refractivity contribution in [1.29, 1.82) is 0 Å². The molecule has 162 valence electrons. The van der Waals surface area contributed by atoms with E-state index in [1.807, 2.05) is 4.90 Å². The number of hydrogen-bond acceptors (Lipinski definition) is 4. The maximum absolute atomic E-state index is 12.2. The van der Waals surface area contributed by atoms with E-state index < -0.39 is 0 Å². The standard InChI is InChI=1S/C26H31N3O2/c1-18(30)28-14-15-29-23-10-13-27(17-22(23)21-8-3-9-24(28)25(21)29)12-4-7-19-5-2-6-20-11-16-31-26(19)20/h2-3,5-6,8-9,22-23H,4,7,10-17H2,1H3. The van der Waals surface area contributed by atoms with E-state index in [-0.39, 0.29) is 5.91 Å². The largest absolute Gasteiger partial charge is 0.493 e. The van der Waals surface area contributed by atoms with Gasteiger partial charge in [0.05, 0.1) is 18.0 Å². The first-order valence-corrected chi connectivity index (χ1v) is 11.8. The highest BCUT2D eigenvalue weighted by Gasteiger charge is 2.45. The van der Waals surface area contributed by atoms with Crippen LogP contribution in [0.15, 0.2) is 36.4 Å². The van der Waals surface area contributed by atoms with Gasteiger partial charge in [0.2, 0.25) is 5.91 Å². The highest BCUT2D eigenvalue weighted by atomic mass is 16.5. The van der Waals surface area contributed by atoms with E-state index in [0.717, 1.165) is 57.1 Å². The zero-order chi connectivity index (χ0) is 20.9. The predicted molar refractivity (Wildman–Crippen MR) is 123 cm³/mol. The van der Waals surface area contributed by atoms with Crippen LogP contribution in [0.1, 0.15) is 42.4 Å². The third-order valence-electron chi connectivity index (χ3n) is 7.75. The molecule has 6 rings (SSSR count). The maximum Gasteiger partial charge on any atom is 0.223 e. The van der Waals surface area contributed by atoms with Crippen LogP contribution in [0.25, 0.3) is 0 Å². The lowest BCUT2D eigenvalue weighted by molar-refractivity contribution is -0.116. The second kappa shape index (κ2) is 7.56. The van der Waals surface area contributed by atoms with E-state index in [2.05, 4.69) is 46.2 Å². The number of ether oxygens (including phenoxy) is 1. The van der Waals surface area contributed by atoms with Gasteiger partial charge in [0, 0.05) is 51.5 Å². The van der Waals surface area contributed by atoms with Crippen molar-refractivity contribution in [3.63, 3.8) is 0 Å². The summed E-state index contributed by atoms with van der Waals surface area (Å²) in [6.07, 6.45) is 4.53. The number of para-hydroxylation sites is 2. The van der Waals surface area contributed by atoms with Gasteiger partial charge in [0.1, 0.15) is 5.75 Å². The smallest absolute Gasteiger partial charge is 0.223 e. The Balaban J connectivity index is 1.15. The van der Waals surface area contributed by atoms with E-state index >= 15 is 0 Å². The second-order valence-corrected chi connectivity index (χ2v) is 9.45. The zero-order valence-corrected chi connectivity index (χ0v) is 18.3. The molecule has 2 aromatic rings. The molecule has 1 fully saturated rings. The van der Waals surface area contributed by atoms with Crippen molar-refractivity contribution in [3.8, 4) is 5.75 Å². The minimum atomic E-state index is 0.154. The lowest BCUT2D eigenvalue weighted by atomic mass is 9.89. The van der Waals surface area contributed by atoms with Gasteiger partial charge in [-0.15, -0.1) is 0 Å². The second-order valence-electron chi connectivity index (χ2n) is 9.45. The first-order valence-electron chi connectivity index (χ1n) is 11.8. The van der Waals surface area contributed by atoms with Gasteiger partial charge >= 0.3 is 0 Å². The Bertz CT molecular complexity index is 1020. The van der Waals surface area contributed by atoms with Crippen LogP contribution in [0.4, 0.5) is 11.4 Å². The van der Waals surface area contributed by atoms with E-state index in [0.29, 0.717) is 12.0 Å². The fourth-order valence-electron chi connectivity index (χ4n) is 6.34. The number of piperidine rings is 1. The average molecular weight is 418 g/mol. The minimum absolute atomic E-state index is 0.154. The molecule has 1 saturated heterocycles. The molecule has 5 nitrogen and oxygen atoms in total. The fourth-order valence-corrected chi connectivity index (χ4v) is 6.34. The molecule has 31 heavy (non-hydrogen) atoms. The molecular weight excluding hydrogens is 386 g/mol. The summed E-state index contributed by atoms with van der Waals surface area (Å²) >= 11 is 0. The fraction of sp³-hybridized carbons (Fsp3) is 0.500. The van der Waals surface area contributed by atoms with E-state index in [4.69, 9.17) is 4.74 Å². The van der Waals surface area contributed by atoms with Crippen LogP contribution < -0.4 is 14.5 Å². The van der Waals surface area contributed by atoms with E-state index in [9.17, 15) is 4.79 Å². The molecule has 0 spiro atoms. The monoisotopic (exact) mass is 417 g/mol. The van der Waals surface area contributed by atoms with Crippen LogP contribution >= 0.6 is 0 Å². The first kappa shape index (κ1) is 19.2. The third kappa shape index (κ3) is 3.13. The number of hydrogen-bond donors (Lipinski definition) is 0. The highest BCUT2D eigenvalue weighted by Crippen LogP contribution is 2.50. The normalized spacial score (nSPS) is 23.9.